The van der Waals surface area contributed by atoms with Gasteiger partial charge < -0.3 is 4.57 Å². The van der Waals surface area contributed by atoms with E-state index < -0.39 is 0 Å². The Bertz CT molecular complexity index is 1020. The summed E-state index contributed by atoms with van der Waals surface area (Å²) in [5.41, 5.74) is 1.10. The lowest BCUT2D eigenvalue weighted by Gasteiger charge is -2.09. The van der Waals surface area contributed by atoms with Crippen LogP contribution in [0.3, 0.4) is 0 Å². The van der Waals surface area contributed by atoms with Crippen molar-refractivity contribution in [2.75, 3.05) is 0 Å². The van der Waals surface area contributed by atoms with Crippen molar-refractivity contribution >= 4 is 38.7 Å². The molecule has 126 valence electrons. The molecule has 2 aromatic heterocycles. The number of fused-ring (bicyclic) bond motifs is 1. The van der Waals surface area contributed by atoms with Crippen molar-refractivity contribution in [3.8, 4) is 0 Å². The first-order chi connectivity index (χ1) is 11.4. The molecule has 8 heteroatoms. The van der Waals surface area contributed by atoms with E-state index >= 15 is 0 Å². The van der Waals surface area contributed by atoms with Crippen LogP contribution in [0.25, 0.3) is 11.2 Å². The Morgan fingerprint density at radius 3 is 2.46 bits per heavy atom. The van der Waals surface area contributed by atoms with Gasteiger partial charge >= 0.3 is 5.69 Å². The molecule has 0 aliphatic carbocycles. The predicted molar refractivity (Wildman–Crippen MR) is 97.8 cm³/mol. The Morgan fingerprint density at radius 1 is 1.17 bits per heavy atom. The van der Waals surface area contributed by atoms with Gasteiger partial charge in [-0.1, -0.05) is 30.7 Å². The number of hydrogen-bond acceptors (Lipinski definition) is 3. The Morgan fingerprint density at radius 2 is 1.83 bits per heavy atom. The quantitative estimate of drug-likeness (QED) is 0.620. The van der Waals surface area contributed by atoms with Crippen molar-refractivity contribution < 1.29 is 0 Å². The van der Waals surface area contributed by atoms with Crippen LogP contribution in [0.4, 0.5) is 0 Å². The number of halogens is 2. The highest BCUT2D eigenvalue weighted by atomic mass is 79.9. The summed E-state index contributed by atoms with van der Waals surface area (Å²) in [7, 11) is 1.63. The molecule has 0 aliphatic heterocycles. The number of imidazole rings is 1. The van der Waals surface area contributed by atoms with Gasteiger partial charge in [0.2, 0.25) is 0 Å². The van der Waals surface area contributed by atoms with Gasteiger partial charge in [-0.3, -0.25) is 13.9 Å². The summed E-state index contributed by atoms with van der Waals surface area (Å²) >= 11 is 9.32. The SMILES string of the molecule is CCCn1c(=O)c2c(nc(Br)n2Cc2ccc(Cl)cc2)n(C)c1=O. The topological polar surface area (TPSA) is 61.8 Å². The van der Waals surface area contributed by atoms with Gasteiger partial charge in [-0.2, -0.15) is 0 Å². The summed E-state index contributed by atoms with van der Waals surface area (Å²) in [4.78, 5) is 29.5. The molecule has 0 radical (unpaired) electrons. The van der Waals surface area contributed by atoms with E-state index in [2.05, 4.69) is 20.9 Å². The molecule has 2 heterocycles. The van der Waals surface area contributed by atoms with Crippen LogP contribution in [0.15, 0.2) is 38.6 Å². The first-order valence-corrected chi connectivity index (χ1v) is 8.71. The maximum absolute atomic E-state index is 12.8. The van der Waals surface area contributed by atoms with Crippen LogP contribution in [0, 0.1) is 0 Å². The van der Waals surface area contributed by atoms with Crippen LogP contribution < -0.4 is 11.2 Å². The highest BCUT2D eigenvalue weighted by molar-refractivity contribution is 9.10. The first-order valence-electron chi connectivity index (χ1n) is 7.54. The summed E-state index contributed by atoms with van der Waals surface area (Å²) in [6, 6.07) is 7.39. The van der Waals surface area contributed by atoms with E-state index in [1.54, 1.807) is 23.7 Å². The van der Waals surface area contributed by atoms with E-state index in [-0.39, 0.29) is 11.2 Å². The zero-order chi connectivity index (χ0) is 17.4. The third-order valence-electron chi connectivity index (χ3n) is 3.89. The summed E-state index contributed by atoms with van der Waals surface area (Å²) in [6.45, 7) is 2.76. The first kappa shape index (κ1) is 17.0. The molecule has 0 aliphatic rings. The zero-order valence-corrected chi connectivity index (χ0v) is 15.6. The molecule has 0 unspecified atom stereocenters. The fraction of sp³-hybridized carbons (Fsp3) is 0.312. The molecule has 0 saturated carbocycles. The number of aryl methyl sites for hydroxylation is 1. The number of benzene rings is 1. The number of aromatic nitrogens is 4. The van der Waals surface area contributed by atoms with Crippen LogP contribution >= 0.6 is 27.5 Å². The Balaban J connectivity index is 2.25. The molecule has 0 atom stereocenters. The minimum Gasteiger partial charge on any atom is -0.308 e. The van der Waals surface area contributed by atoms with Gasteiger partial charge in [-0.15, -0.1) is 0 Å². The van der Waals surface area contributed by atoms with Crippen molar-refractivity contribution in [2.24, 2.45) is 7.05 Å². The minimum absolute atomic E-state index is 0.317. The Labute approximate surface area is 151 Å². The number of hydrogen-bond donors (Lipinski definition) is 0. The monoisotopic (exact) mass is 410 g/mol. The van der Waals surface area contributed by atoms with Crippen LogP contribution in [0.2, 0.25) is 5.02 Å². The standard InChI is InChI=1S/C16H16BrClN4O2/c1-3-8-21-14(23)12-13(20(2)16(21)24)19-15(17)22(12)9-10-4-6-11(18)7-5-10/h4-7H,3,8-9H2,1-2H3. The second-order valence-corrected chi connectivity index (χ2v) is 6.71. The van der Waals surface area contributed by atoms with E-state index in [1.807, 2.05) is 19.1 Å². The van der Waals surface area contributed by atoms with Gasteiger partial charge in [0, 0.05) is 18.6 Å². The summed E-state index contributed by atoms with van der Waals surface area (Å²) < 4.78 is 4.95. The third kappa shape index (κ3) is 2.82. The number of nitrogens with zero attached hydrogens (tertiary/aromatic N) is 4. The maximum Gasteiger partial charge on any atom is 0.332 e. The van der Waals surface area contributed by atoms with Gasteiger partial charge in [0.1, 0.15) is 0 Å². The van der Waals surface area contributed by atoms with E-state index in [1.165, 1.54) is 9.13 Å². The molecule has 1 aromatic carbocycles. The normalized spacial score (nSPS) is 11.3. The molecular weight excluding hydrogens is 396 g/mol. The fourth-order valence-electron chi connectivity index (χ4n) is 2.68. The molecule has 24 heavy (non-hydrogen) atoms. The molecule has 6 nitrogen and oxygen atoms in total. The predicted octanol–water partition coefficient (Wildman–Crippen LogP) is 2.77. The summed E-state index contributed by atoms with van der Waals surface area (Å²) in [6.07, 6.45) is 0.702. The van der Waals surface area contributed by atoms with Crippen molar-refractivity contribution in [2.45, 2.75) is 26.4 Å². The van der Waals surface area contributed by atoms with Gasteiger partial charge in [-0.05, 0) is 40.0 Å². The average molecular weight is 412 g/mol. The van der Waals surface area contributed by atoms with Gasteiger partial charge in [0.15, 0.2) is 15.9 Å². The molecule has 0 spiro atoms. The minimum atomic E-state index is -0.349. The van der Waals surface area contributed by atoms with E-state index in [9.17, 15) is 9.59 Å². The highest BCUT2D eigenvalue weighted by Crippen LogP contribution is 2.19. The molecule has 0 N–H and O–H groups in total. The van der Waals surface area contributed by atoms with Crippen LogP contribution in [0.5, 0.6) is 0 Å². The van der Waals surface area contributed by atoms with Gasteiger partial charge in [0.05, 0.1) is 6.54 Å². The van der Waals surface area contributed by atoms with Crippen molar-refractivity contribution in [3.05, 3.63) is 60.4 Å². The molecule has 0 amide bonds. The molecule has 0 fully saturated rings. The molecular formula is C16H16BrClN4O2. The smallest absolute Gasteiger partial charge is 0.308 e. The second kappa shape index (κ2) is 6.57. The largest absolute Gasteiger partial charge is 0.332 e. The van der Waals surface area contributed by atoms with Gasteiger partial charge in [0.25, 0.3) is 5.56 Å². The molecule has 0 bridgehead atoms. The van der Waals surface area contributed by atoms with Crippen molar-refractivity contribution in [1.29, 1.82) is 0 Å². The zero-order valence-electron chi connectivity index (χ0n) is 13.3. The van der Waals surface area contributed by atoms with E-state index in [4.69, 9.17) is 11.6 Å². The highest BCUT2D eigenvalue weighted by Gasteiger charge is 2.19. The molecule has 3 rings (SSSR count). The Hall–Kier alpha value is -1.86. The molecule has 0 saturated heterocycles. The number of rotatable bonds is 4. The van der Waals surface area contributed by atoms with Gasteiger partial charge in [-0.25, -0.2) is 9.78 Å². The lowest BCUT2D eigenvalue weighted by Crippen LogP contribution is -2.39. The fourth-order valence-corrected chi connectivity index (χ4v) is 3.28. The summed E-state index contributed by atoms with van der Waals surface area (Å²) in [5, 5.41) is 0.654. The lowest BCUT2D eigenvalue weighted by atomic mass is 10.2. The molecule has 3 aromatic rings. The second-order valence-electron chi connectivity index (χ2n) is 5.56. The van der Waals surface area contributed by atoms with E-state index in [0.717, 1.165) is 5.56 Å². The van der Waals surface area contributed by atoms with Crippen molar-refractivity contribution in [3.63, 3.8) is 0 Å². The maximum atomic E-state index is 12.8. The van der Waals surface area contributed by atoms with Crippen LogP contribution in [0.1, 0.15) is 18.9 Å². The van der Waals surface area contributed by atoms with Crippen LogP contribution in [-0.4, -0.2) is 18.7 Å². The summed E-state index contributed by atoms with van der Waals surface area (Å²) in [5.74, 6) is 0. The van der Waals surface area contributed by atoms with Crippen molar-refractivity contribution in [1.82, 2.24) is 18.7 Å². The average Bonchev–Trinajstić information content (AvgIpc) is 2.89. The Kier molecular flexibility index (Phi) is 4.64. The lowest BCUT2D eigenvalue weighted by molar-refractivity contribution is 0.590. The third-order valence-corrected chi connectivity index (χ3v) is 4.74. The van der Waals surface area contributed by atoms with E-state index in [0.29, 0.717) is 40.4 Å². The van der Waals surface area contributed by atoms with Crippen LogP contribution in [-0.2, 0) is 20.1 Å².